The largest absolute Gasteiger partial charge is 0.416 e. The Labute approximate surface area is 157 Å². The van der Waals surface area contributed by atoms with E-state index in [4.69, 9.17) is 0 Å². The van der Waals surface area contributed by atoms with E-state index in [1.165, 1.54) is 12.1 Å². The van der Waals surface area contributed by atoms with Crippen LogP contribution in [-0.4, -0.2) is 17.9 Å². The van der Waals surface area contributed by atoms with Gasteiger partial charge in [0.15, 0.2) is 0 Å². The SMILES string of the molecule is CC(C)C(NC(=O)C1CCCCC1)C(=O)NCc1cccc(C(F)(F)F)c1. The summed E-state index contributed by atoms with van der Waals surface area (Å²) in [7, 11) is 0. The van der Waals surface area contributed by atoms with Gasteiger partial charge in [-0.1, -0.05) is 45.2 Å². The molecule has 0 saturated heterocycles. The summed E-state index contributed by atoms with van der Waals surface area (Å²) in [6.07, 6.45) is 0.423. The number of nitrogens with one attached hydrogen (secondary N) is 2. The molecule has 27 heavy (non-hydrogen) atoms. The summed E-state index contributed by atoms with van der Waals surface area (Å²) in [4.78, 5) is 24.9. The molecule has 2 N–H and O–H groups in total. The second-order valence-corrected chi connectivity index (χ2v) is 7.48. The van der Waals surface area contributed by atoms with E-state index in [2.05, 4.69) is 10.6 Å². The van der Waals surface area contributed by atoms with Crippen molar-refractivity contribution >= 4 is 11.8 Å². The second-order valence-electron chi connectivity index (χ2n) is 7.48. The molecule has 4 nitrogen and oxygen atoms in total. The average Bonchev–Trinajstić information content (AvgIpc) is 2.64. The van der Waals surface area contributed by atoms with Crippen LogP contribution in [0.3, 0.4) is 0 Å². The first-order valence-electron chi connectivity index (χ1n) is 9.42. The number of hydrogen-bond acceptors (Lipinski definition) is 2. The Hall–Kier alpha value is -2.05. The number of halogens is 3. The summed E-state index contributed by atoms with van der Waals surface area (Å²) in [6, 6.07) is 4.15. The van der Waals surface area contributed by atoms with E-state index in [1.807, 2.05) is 13.8 Å². The number of carbonyl (C=O) groups is 2. The molecular weight excluding hydrogens is 357 g/mol. The van der Waals surface area contributed by atoms with Gasteiger partial charge in [0.1, 0.15) is 6.04 Å². The smallest absolute Gasteiger partial charge is 0.350 e. The van der Waals surface area contributed by atoms with Crippen LogP contribution in [0.1, 0.15) is 57.1 Å². The van der Waals surface area contributed by atoms with Crippen molar-refractivity contribution < 1.29 is 22.8 Å². The van der Waals surface area contributed by atoms with Crippen LogP contribution in [0.15, 0.2) is 24.3 Å². The van der Waals surface area contributed by atoms with Crippen LogP contribution in [0.25, 0.3) is 0 Å². The monoisotopic (exact) mass is 384 g/mol. The molecule has 0 aliphatic heterocycles. The van der Waals surface area contributed by atoms with Crippen LogP contribution in [-0.2, 0) is 22.3 Å². The number of carbonyl (C=O) groups excluding carboxylic acids is 2. The lowest BCUT2D eigenvalue weighted by atomic mass is 9.88. The van der Waals surface area contributed by atoms with Crippen LogP contribution in [0.2, 0.25) is 0 Å². The molecule has 7 heteroatoms. The second kappa shape index (κ2) is 9.24. The Morgan fingerprint density at radius 2 is 1.81 bits per heavy atom. The lowest BCUT2D eigenvalue weighted by Gasteiger charge is -2.26. The fraction of sp³-hybridized carbons (Fsp3) is 0.600. The van der Waals surface area contributed by atoms with Crippen molar-refractivity contribution in [2.24, 2.45) is 11.8 Å². The minimum absolute atomic E-state index is 0.0225. The van der Waals surface area contributed by atoms with Crippen LogP contribution >= 0.6 is 0 Å². The Morgan fingerprint density at radius 1 is 1.15 bits per heavy atom. The van der Waals surface area contributed by atoms with Crippen molar-refractivity contribution in [3.63, 3.8) is 0 Å². The number of amides is 2. The zero-order valence-electron chi connectivity index (χ0n) is 15.7. The van der Waals surface area contributed by atoms with Gasteiger partial charge in [-0.05, 0) is 36.5 Å². The number of hydrogen-bond donors (Lipinski definition) is 2. The van der Waals surface area contributed by atoms with Gasteiger partial charge in [-0.3, -0.25) is 9.59 Å². The highest BCUT2D eigenvalue weighted by Gasteiger charge is 2.31. The topological polar surface area (TPSA) is 58.2 Å². The molecule has 2 rings (SSSR count). The normalized spacial score (nSPS) is 16.8. The maximum Gasteiger partial charge on any atom is 0.416 e. The van der Waals surface area contributed by atoms with E-state index >= 15 is 0 Å². The zero-order valence-corrected chi connectivity index (χ0v) is 15.7. The van der Waals surface area contributed by atoms with Crippen LogP contribution in [0.4, 0.5) is 13.2 Å². The third-order valence-corrected chi connectivity index (χ3v) is 4.94. The summed E-state index contributed by atoms with van der Waals surface area (Å²) in [5.41, 5.74) is -0.389. The lowest BCUT2D eigenvalue weighted by molar-refractivity contribution is -0.137. The van der Waals surface area contributed by atoms with E-state index in [1.54, 1.807) is 0 Å². The third kappa shape index (κ3) is 6.26. The summed E-state index contributed by atoms with van der Waals surface area (Å²) in [5.74, 6) is -0.676. The lowest BCUT2D eigenvalue weighted by Crippen LogP contribution is -2.51. The molecule has 1 fully saturated rings. The highest BCUT2D eigenvalue weighted by molar-refractivity contribution is 5.88. The van der Waals surface area contributed by atoms with Crippen LogP contribution < -0.4 is 10.6 Å². The molecule has 1 saturated carbocycles. The number of benzene rings is 1. The average molecular weight is 384 g/mol. The van der Waals surface area contributed by atoms with Gasteiger partial charge in [0.2, 0.25) is 11.8 Å². The Balaban J connectivity index is 1.95. The standard InChI is InChI=1S/C20H27F3N2O2/c1-13(2)17(25-18(26)15-8-4-3-5-9-15)19(27)24-12-14-7-6-10-16(11-14)20(21,22)23/h6-7,10-11,13,15,17H,3-5,8-9,12H2,1-2H3,(H,24,27)(H,25,26). The summed E-state index contributed by atoms with van der Waals surface area (Å²) >= 11 is 0. The molecule has 0 heterocycles. The number of rotatable bonds is 6. The predicted octanol–water partition coefficient (Wildman–Crippen LogP) is 4.04. The molecule has 0 aromatic heterocycles. The van der Waals surface area contributed by atoms with Crippen LogP contribution in [0, 0.1) is 11.8 Å². The maximum atomic E-state index is 12.8. The van der Waals surface area contributed by atoms with Gasteiger partial charge in [-0.2, -0.15) is 13.2 Å². The first-order valence-corrected chi connectivity index (χ1v) is 9.42. The number of alkyl halides is 3. The van der Waals surface area contributed by atoms with E-state index < -0.39 is 17.8 Å². The van der Waals surface area contributed by atoms with Crippen molar-refractivity contribution in [2.75, 3.05) is 0 Å². The van der Waals surface area contributed by atoms with Gasteiger partial charge < -0.3 is 10.6 Å². The predicted molar refractivity (Wildman–Crippen MR) is 96.6 cm³/mol. The van der Waals surface area contributed by atoms with E-state index in [0.29, 0.717) is 5.56 Å². The van der Waals surface area contributed by atoms with E-state index in [9.17, 15) is 22.8 Å². The molecule has 150 valence electrons. The molecule has 1 atom stereocenters. The fourth-order valence-corrected chi connectivity index (χ4v) is 3.33. The molecule has 1 aromatic carbocycles. The molecule has 1 aliphatic rings. The first kappa shape index (κ1) is 21.3. The summed E-state index contributed by atoms with van der Waals surface area (Å²) < 4.78 is 38.4. The Kier molecular flexibility index (Phi) is 7.27. The molecule has 0 spiro atoms. The van der Waals surface area contributed by atoms with E-state index in [0.717, 1.165) is 44.2 Å². The first-order chi connectivity index (χ1) is 12.7. The summed E-state index contributed by atoms with van der Waals surface area (Å²) in [6.45, 7) is 3.64. The van der Waals surface area contributed by atoms with Gasteiger partial charge in [-0.25, -0.2) is 0 Å². The molecule has 0 radical (unpaired) electrons. The van der Waals surface area contributed by atoms with E-state index in [-0.39, 0.29) is 30.2 Å². The van der Waals surface area contributed by atoms with Gasteiger partial charge in [0, 0.05) is 12.5 Å². The van der Waals surface area contributed by atoms with Gasteiger partial charge in [0.05, 0.1) is 5.56 Å². The molecule has 2 amide bonds. The van der Waals surface area contributed by atoms with Crippen molar-refractivity contribution in [3.8, 4) is 0 Å². The molecular formula is C20H27F3N2O2. The Bertz CT molecular complexity index is 653. The molecule has 1 aliphatic carbocycles. The minimum Gasteiger partial charge on any atom is -0.350 e. The quantitative estimate of drug-likeness (QED) is 0.778. The highest BCUT2D eigenvalue weighted by atomic mass is 19.4. The van der Waals surface area contributed by atoms with Crippen molar-refractivity contribution in [1.29, 1.82) is 0 Å². The molecule has 1 aromatic rings. The Morgan fingerprint density at radius 3 is 2.41 bits per heavy atom. The summed E-state index contributed by atoms with van der Waals surface area (Å²) in [5, 5.41) is 5.47. The fourth-order valence-electron chi connectivity index (χ4n) is 3.33. The molecule has 0 bridgehead atoms. The zero-order chi connectivity index (χ0) is 20.0. The minimum atomic E-state index is -4.42. The van der Waals surface area contributed by atoms with Gasteiger partial charge in [-0.15, -0.1) is 0 Å². The van der Waals surface area contributed by atoms with Crippen molar-refractivity contribution in [3.05, 3.63) is 35.4 Å². The van der Waals surface area contributed by atoms with Gasteiger partial charge in [0.25, 0.3) is 0 Å². The van der Waals surface area contributed by atoms with Gasteiger partial charge >= 0.3 is 6.18 Å². The van der Waals surface area contributed by atoms with Crippen LogP contribution in [0.5, 0.6) is 0 Å². The highest BCUT2D eigenvalue weighted by Crippen LogP contribution is 2.29. The third-order valence-electron chi connectivity index (χ3n) is 4.94. The van der Waals surface area contributed by atoms with Crippen molar-refractivity contribution in [1.82, 2.24) is 10.6 Å². The van der Waals surface area contributed by atoms with Crippen molar-refractivity contribution in [2.45, 2.75) is 64.7 Å². The maximum absolute atomic E-state index is 12.8. The molecule has 1 unspecified atom stereocenters.